The quantitative estimate of drug-likeness (QED) is 0.649. The van der Waals surface area contributed by atoms with Crippen LogP contribution >= 0.6 is 15.9 Å². The van der Waals surface area contributed by atoms with Crippen LogP contribution in [0.15, 0.2) is 10.9 Å². The van der Waals surface area contributed by atoms with E-state index in [9.17, 15) is 0 Å². The monoisotopic (exact) mass is 202 g/mol. The molecule has 1 heterocycles. The summed E-state index contributed by atoms with van der Waals surface area (Å²) in [6, 6.07) is 0. The summed E-state index contributed by atoms with van der Waals surface area (Å²) in [6.07, 6.45) is 1.63. The third kappa shape index (κ3) is 1.44. The number of hydrogen-bond acceptors (Lipinski definition) is 3. The Morgan fingerprint density at radius 1 is 1.60 bits per heavy atom. The lowest BCUT2D eigenvalue weighted by atomic mass is 10.4. The largest absolute Gasteiger partial charge is 0.493 e. The maximum absolute atomic E-state index is 4.95. The first-order valence-corrected chi connectivity index (χ1v) is 3.56. The Bertz CT molecular complexity index is 239. The molecule has 3 nitrogen and oxygen atoms in total. The fourth-order valence-electron chi connectivity index (χ4n) is 0.628. The molecule has 0 aliphatic carbocycles. The van der Waals surface area contributed by atoms with Crippen molar-refractivity contribution in [2.45, 2.75) is 6.92 Å². The topological polar surface area (TPSA) is 35.0 Å². The normalized spacial score (nSPS) is 9.50. The second-order valence-electron chi connectivity index (χ2n) is 1.79. The Morgan fingerprint density at radius 2 is 2.30 bits per heavy atom. The number of hydrogen-bond donors (Lipinski definition) is 0. The van der Waals surface area contributed by atoms with Crippen molar-refractivity contribution >= 4 is 15.9 Å². The Morgan fingerprint density at radius 3 is 2.80 bits per heavy atom. The molecule has 0 saturated carbocycles. The van der Waals surface area contributed by atoms with Crippen molar-refractivity contribution in [3.63, 3.8) is 0 Å². The van der Waals surface area contributed by atoms with Crippen LogP contribution in [0.4, 0.5) is 0 Å². The fraction of sp³-hybridized carbons (Fsp3) is 0.333. The van der Waals surface area contributed by atoms with E-state index in [1.807, 2.05) is 6.92 Å². The minimum atomic E-state index is 0.589. The van der Waals surface area contributed by atoms with Gasteiger partial charge in [0.1, 0.15) is 0 Å². The third-order valence-corrected chi connectivity index (χ3v) is 1.51. The smallest absolute Gasteiger partial charge is 0.197 e. The Labute approximate surface area is 67.6 Å². The molecule has 1 aromatic rings. The summed E-state index contributed by atoms with van der Waals surface area (Å²) in [7, 11) is 1.60. The van der Waals surface area contributed by atoms with Gasteiger partial charge in [0.15, 0.2) is 10.5 Å². The summed E-state index contributed by atoms with van der Waals surface area (Å²) in [5, 5.41) is 0. The van der Waals surface area contributed by atoms with Crippen LogP contribution in [0.3, 0.4) is 0 Å². The number of halogens is 1. The Balaban J connectivity index is 3.07. The van der Waals surface area contributed by atoms with Crippen molar-refractivity contribution in [1.82, 2.24) is 9.97 Å². The van der Waals surface area contributed by atoms with Gasteiger partial charge in [-0.05, 0) is 22.9 Å². The maximum Gasteiger partial charge on any atom is 0.197 e. The predicted octanol–water partition coefficient (Wildman–Crippen LogP) is 1.56. The van der Waals surface area contributed by atoms with Gasteiger partial charge in [-0.2, -0.15) is 0 Å². The SMILES string of the molecule is COc1cnc(Br)nc1C. The number of nitrogens with zero attached hydrogens (tertiary/aromatic N) is 2. The lowest BCUT2D eigenvalue weighted by molar-refractivity contribution is 0.406. The highest BCUT2D eigenvalue weighted by Gasteiger charge is 1.98. The van der Waals surface area contributed by atoms with Crippen LogP contribution in [0.2, 0.25) is 0 Å². The van der Waals surface area contributed by atoms with E-state index in [1.54, 1.807) is 13.3 Å². The molecule has 0 bridgehead atoms. The van der Waals surface area contributed by atoms with Gasteiger partial charge >= 0.3 is 0 Å². The Kier molecular flexibility index (Phi) is 2.21. The van der Waals surface area contributed by atoms with Crippen LogP contribution in [-0.4, -0.2) is 17.1 Å². The number of rotatable bonds is 1. The molecule has 0 atom stereocenters. The van der Waals surface area contributed by atoms with Gasteiger partial charge in [-0.1, -0.05) is 0 Å². The van der Waals surface area contributed by atoms with Crippen LogP contribution in [0, 0.1) is 6.92 Å². The first-order valence-electron chi connectivity index (χ1n) is 2.77. The van der Waals surface area contributed by atoms with E-state index in [4.69, 9.17) is 4.74 Å². The minimum Gasteiger partial charge on any atom is -0.493 e. The van der Waals surface area contributed by atoms with E-state index < -0.39 is 0 Å². The predicted molar refractivity (Wildman–Crippen MR) is 41.0 cm³/mol. The first kappa shape index (κ1) is 7.47. The molecule has 1 rings (SSSR count). The molecular weight excluding hydrogens is 196 g/mol. The highest BCUT2D eigenvalue weighted by atomic mass is 79.9. The van der Waals surface area contributed by atoms with Crippen LogP contribution in [-0.2, 0) is 0 Å². The third-order valence-electron chi connectivity index (χ3n) is 1.12. The van der Waals surface area contributed by atoms with Crippen molar-refractivity contribution < 1.29 is 4.74 Å². The van der Waals surface area contributed by atoms with Crippen LogP contribution in [0.5, 0.6) is 5.75 Å². The minimum absolute atomic E-state index is 0.589. The van der Waals surface area contributed by atoms with Gasteiger partial charge in [0.25, 0.3) is 0 Å². The second-order valence-corrected chi connectivity index (χ2v) is 2.50. The zero-order valence-electron chi connectivity index (χ0n) is 5.76. The average molecular weight is 203 g/mol. The molecule has 0 spiro atoms. The van der Waals surface area contributed by atoms with Crippen LogP contribution in [0.1, 0.15) is 5.69 Å². The summed E-state index contributed by atoms with van der Waals surface area (Å²) in [5.41, 5.74) is 0.837. The molecule has 0 aromatic carbocycles. The van der Waals surface area contributed by atoms with Crippen LogP contribution in [0.25, 0.3) is 0 Å². The van der Waals surface area contributed by atoms with E-state index in [1.165, 1.54) is 0 Å². The van der Waals surface area contributed by atoms with E-state index >= 15 is 0 Å². The molecule has 0 unspecified atom stereocenters. The van der Waals surface area contributed by atoms with Gasteiger partial charge in [0.2, 0.25) is 0 Å². The summed E-state index contributed by atoms with van der Waals surface area (Å²) in [5.74, 6) is 0.711. The molecule has 0 saturated heterocycles. The van der Waals surface area contributed by atoms with E-state index in [-0.39, 0.29) is 0 Å². The molecule has 0 aliphatic rings. The lowest BCUT2D eigenvalue weighted by Crippen LogP contribution is -1.92. The lowest BCUT2D eigenvalue weighted by Gasteiger charge is -2.00. The molecule has 54 valence electrons. The molecule has 4 heteroatoms. The Hall–Kier alpha value is -0.640. The van der Waals surface area contributed by atoms with Crippen molar-refractivity contribution in [2.24, 2.45) is 0 Å². The van der Waals surface area contributed by atoms with Crippen molar-refractivity contribution in [2.75, 3.05) is 7.11 Å². The van der Waals surface area contributed by atoms with Crippen molar-refractivity contribution in [3.8, 4) is 5.75 Å². The van der Waals surface area contributed by atoms with E-state index in [0.717, 1.165) is 5.69 Å². The standard InChI is InChI=1S/C6H7BrN2O/c1-4-5(10-2)3-8-6(7)9-4/h3H,1-2H3. The fourth-order valence-corrected chi connectivity index (χ4v) is 0.996. The molecular formula is C6H7BrN2O. The molecule has 0 N–H and O–H groups in total. The number of aryl methyl sites for hydroxylation is 1. The van der Waals surface area contributed by atoms with E-state index in [0.29, 0.717) is 10.5 Å². The van der Waals surface area contributed by atoms with Gasteiger partial charge in [0, 0.05) is 0 Å². The zero-order chi connectivity index (χ0) is 7.56. The number of methoxy groups -OCH3 is 1. The van der Waals surface area contributed by atoms with Crippen molar-refractivity contribution in [3.05, 3.63) is 16.6 Å². The summed E-state index contributed by atoms with van der Waals surface area (Å²) >= 11 is 3.15. The van der Waals surface area contributed by atoms with Gasteiger partial charge in [0.05, 0.1) is 19.0 Å². The molecule has 1 aromatic heterocycles. The highest BCUT2D eigenvalue weighted by molar-refractivity contribution is 9.10. The van der Waals surface area contributed by atoms with Gasteiger partial charge in [-0.3, -0.25) is 0 Å². The molecule has 0 radical (unpaired) electrons. The van der Waals surface area contributed by atoms with Crippen molar-refractivity contribution in [1.29, 1.82) is 0 Å². The molecule has 0 amide bonds. The first-order chi connectivity index (χ1) is 4.74. The second kappa shape index (κ2) is 2.96. The highest BCUT2D eigenvalue weighted by Crippen LogP contribution is 2.14. The average Bonchev–Trinajstić information content (AvgIpc) is 1.88. The molecule has 0 aliphatic heterocycles. The van der Waals surface area contributed by atoms with Crippen LogP contribution < -0.4 is 4.74 Å². The van der Waals surface area contributed by atoms with Gasteiger partial charge in [-0.25, -0.2) is 9.97 Å². The molecule has 0 fully saturated rings. The van der Waals surface area contributed by atoms with Gasteiger partial charge in [-0.15, -0.1) is 0 Å². The van der Waals surface area contributed by atoms with Gasteiger partial charge < -0.3 is 4.74 Å². The molecule has 10 heavy (non-hydrogen) atoms. The summed E-state index contributed by atoms with van der Waals surface area (Å²) in [6.45, 7) is 1.87. The summed E-state index contributed by atoms with van der Waals surface area (Å²) < 4.78 is 5.54. The number of ether oxygens (including phenoxy) is 1. The maximum atomic E-state index is 4.95. The van der Waals surface area contributed by atoms with E-state index in [2.05, 4.69) is 25.9 Å². The zero-order valence-corrected chi connectivity index (χ0v) is 7.34. The number of aromatic nitrogens is 2. The summed E-state index contributed by atoms with van der Waals surface area (Å²) in [4.78, 5) is 7.92.